The van der Waals surface area contributed by atoms with Crippen LogP contribution < -0.4 is 14.3 Å². The average molecular weight is 356 g/mol. The van der Waals surface area contributed by atoms with Crippen LogP contribution in [0.5, 0.6) is 11.5 Å². The zero-order chi connectivity index (χ0) is 18.0. The highest BCUT2D eigenvalue weighted by Crippen LogP contribution is 2.30. The zero-order valence-electron chi connectivity index (χ0n) is 14.7. The Hall–Kier alpha value is -2.60. The first-order valence-electron chi connectivity index (χ1n) is 7.99. The molecule has 130 valence electrons. The summed E-state index contributed by atoms with van der Waals surface area (Å²) in [6, 6.07) is 10.9. The van der Waals surface area contributed by atoms with E-state index in [1.807, 2.05) is 30.5 Å². The molecule has 0 unspecified atom stereocenters. The van der Waals surface area contributed by atoms with E-state index >= 15 is 0 Å². The van der Waals surface area contributed by atoms with Crippen LogP contribution in [0.1, 0.15) is 22.8 Å². The molecule has 3 aromatic rings. The lowest BCUT2D eigenvalue weighted by atomic mass is 10.2. The number of ether oxygens (including phenoxy) is 2. The largest absolute Gasteiger partial charge is 0.497 e. The summed E-state index contributed by atoms with van der Waals surface area (Å²) >= 11 is 1.51. The Morgan fingerprint density at radius 3 is 2.44 bits per heavy atom. The third kappa shape index (κ3) is 3.17. The molecule has 0 aliphatic heterocycles. The predicted octanol–water partition coefficient (Wildman–Crippen LogP) is 3.79. The van der Waals surface area contributed by atoms with Gasteiger partial charge in [0.05, 0.1) is 18.9 Å². The molecule has 25 heavy (non-hydrogen) atoms. The Morgan fingerprint density at radius 1 is 1.12 bits per heavy atom. The number of fused-ring (bicyclic) bond motifs is 1. The van der Waals surface area contributed by atoms with E-state index in [1.165, 1.54) is 11.3 Å². The SMILES string of the molecule is CCn1c(=NC(=O)c2ccc(OC)cc2)sc2c(C)ccc(OC)c21. The zero-order valence-corrected chi connectivity index (χ0v) is 15.5. The number of thiazole rings is 1. The van der Waals surface area contributed by atoms with Crippen LogP contribution in [0.15, 0.2) is 41.4 Å². The van der Waals surface area contributed by atoms with Gasteiger partial charge in [0.2, 0.25) is 0 Å². The van der Waals surface area contributed by atoms with Crippen LogP contribution in [-0.4, -0.2) is 24.7 Å². The minimum atomic E-state index is -0.270. The van der Waals surface area contributed by atoms with Gasteiger partial charge >= 0.3 is 0 Å². The maximum absolute atomic E-state index is 12.6. The molecule has 1 aromatic heterocycles. The second-order valence-electron chi connectivity index (χ2n) is 5.54. The smallest absolute Gasteiger partial charge is 0.279 e. The highest BCUT2D eigenvalue weighted by molar-refractivity contribution is 7.16. The molecule has 5 nitrogen and oxygen atoms in total. The lowest BCUT2D eigenvalue weighted by Crippen LogP contribution is -2.16. The van der Waals surface area contributed by atoms with Crippen molar-refractivity contribution in [2.45, 2.75) is 20.4 Å². The maximum Gasteiger partial charge on any atom is 0.279 e. The first-order chi connectivity index (χ1) is 12.1. The Balaban J connectivity index is 2.15. The Kier molecular flexibility index (Phi) is 4.90. The number of aryl methyl sites for hydroxylation is 2. The molecule has 0 aliphatic rings. The lowest BCUT2D eigenvalue weighted by molar-refractivity contribution is 0.0998. The van der Waals surface area contributed by atoms with Crippen molar-refractivity contribution in [2.24, 2.45) is 4.99 Å². The number of carbonyl (C=O) groups excluding carboxylic acids is 1. The molecule has 0 radical (unpaired) electrons. The summed E-state index contributed by atoms with van der Waals surface area (Å²) < 4.78 is 13.7. The van der Waals surface area contributed by atoms with Crippen LogP contribution in [0, 0.1) is 6.92 Å². The van der Waals surface area contributed by atoms with E-state index < -0.39 is 0 Å². The van der Waals surface area contributed by atoms with E-state index in [2.05, 4.69) is 4.99 Å². The van der Waals surface area contributed by atoms with Crippen molar-refractivity contribution >= 4 is 27.5 Å². The summed E-state index contributed by atoms with van der Waals surface area (Å²) in [6.07, 6.45) is 0. The van der Waals surface area contributed by atoms with Crippen molar-refractivity contribution in [3.63, 3.8) is 0 Å². The van der Waals surface area contributed by atoms with Gasteiger partial charge in [-0.3, -0.25) is 4.79 Å². The summed E-state index contributed by atoms with van der Waals surface area (Å²) in [7, 11) is 3.25. The van der Waals surface area contributed by atoms with Crippen LogP contribution in [-0.2, 0) is 6.54 Å². The highest BCUT2D eigenvalue weighted by Gasteiger charge is 2.14. The van der Waals surface area contributed by atoms with Crippen LogP contribution in [0.25, 0.3) is 10.2 Å². The molecule has 1 heterocycles. The summed E-state index contributed by atoms with van der Waals surface area (Å²) in [5.41, 5.74) is 2.65. The second kappa shape index (κ2) is 7.11. The fourth-order valence-electron chi connectivity index (χ4n) is 2.71. The van der Waals surface area contributed by atoms with Gasteiger partial charge in [0.1, 0.15) is 17.0 Å². The number of hydrogen-bond acceptors (Lipinski definition) is 4. The Labute approximate surface area is 150 Å². The molecule has 0 aliphatic carbocycles. The number of carbonyl (C=O) groups is 1. The third-order valence-electron chi connectivity index (χ3n) is 4.06. The number of amides is 1. The molecule has 0 bridgehead atoms. The molecule has 1 amide bonds. The summed E-state index contributed by atoms with van der Waals surface area (Å²) in [6.45, 7) is 4.78. The number of benzene rings is 2. The molecular formula is C19H20N2O3S. The van der Waals surface area contributed by atoms with Crippen LogP contribution in [0.4, 0.5) is 0 Å². The average Bonchev–Trinajstić information content (AvgIpc) is 3.01. The van der Waals surface area contributed by atoms with Gasteiger partial charge in [-0.05, 0) is 49.7 Å². The maximum atomic E-state index is 12.6. The third-order valence-corrected chi connectivity index (χ3v) is 5.27. The molecule has 0 spiro atoms. The van der Waals surface area contributed by atoms with E-state index in [9.17, 15) is 4.79 Å². The monoisotopic (exact) mass is 356 g/mol. The van der Waals surface area contributed by atoms with Crippen molar-refractivity contribution in [1.29, 1.82) is 0 Å². The van der Waals surface area contributed by atoms with Crippen LogP contribution >= 0.6 is 11.3 Å². The van der Waals surface area contributed by atoms with Crippen molar-refractivity contribution in [3.8, 4) is 11.5 Å². The summed E-state index contributed by atoms with van der Waals surface area (Å²) in [5, 5.41) is 0. The Bertz CT molecular complexity index is 984. The molecule has 0 saturated heterocycles. The molecule has 6 heteroatoms. The Morgan fingerprint density at radius 2 is 1.84 bits per heavy atom. The summed E-state index contributed by atoms with van der Waals surface area (Å²) in [4.78, 5) is 17.6. The number of methoxy groups -OCH3 is 2. The van der Waals surface area contributed by atoms with Crippen molar-refractivity contribution in [1.82, 2.24) is 4.57 Å². The number of hydrogen-bond donors (Lipinski definition) is 0. The molecule has 0 saturated carbocycles. The highest BCUT2D eigenvalue weighted by atomic mass is 32.1. The molecule has 0 N–H and O–H groups in total. The van der Waals surface area contributed by atoms with Crippen molar-refractivity contribution < 1.29 is 14.3 Å². The fraction of sp³-hybridized carbons (Fsp3) is 0.263. The van der Waals surface area contributed by atoms with Gasteiger partial charge in [0, 0.05) is 12.1 Å². The number of nitrogens with zero attached hydrogens (tertiary/aromatic N) is 2. The molecule has 2 aromatic carbocycles. The quantitative estimate of drug-likeness (QED) is 0.715. The topological polar surface area (TPSA) is 52.8 Å². The van der Waals surface area contributed by atoms with Crippen LogP contribution in [0.2, 0.25) is 0 Å². The summed E-state index contributed by atoms with van der Waals surface area (Å²) in [5.74, 6) is 1.23. The normalized spacial score (nSPS) is 11.8. The second-order valence-corrected chi connectivity index (χ2v) is 6.51. The molecule has 0 atom stereocenters. The van der Waals surface area contributed by atoms with Gasteiger partial charge in [-0.1, -0.05) is 17.4 Å². The van der Waals surface area contributed by atoms with Gasteiger partial charge in [-0.2, -0.15) is 4.99 Å². The van der Waals surface area contributed by atoms with Gasteiger partial charge in [0.25, 0.3) is 5.91 Å². The lowest BCUT2D eigenvalue weighted by Gasteiger charge is -2.07. The fourth-order valence-corrected chi connectivity index (χ4v) is 3.88. The minimum absolute atomic E-state index is 0.270. The van der Waals surface area contributed by atoms with Gasteiger partial charge in [-0.15, -0.1) is 0 Å². The molecule has 0 fully saturated rings. The van der Waals surface area contributed by atoms with Gasteiger partial charge < -0.3 is 14.0 Å². The molecular weight excluding hydrogens is 336 g/mol. The standard InChI is InChI=1S/C19H20N2O3S/c1-5-21-16-15(24-4)11-6-12(2)17(16)25-19(21)20-18(22)13-7-9-14(23-3)10-8-13/h6-11H,5H2,1-4H3. The first-order valence-corrected chi connectivity index (χ1v) is 8.80. The van der Waals surface area contributed by atoms with E-state index in [0.29, 0.717) is 22.7 Å². The number of rotatable bonds is 4. The van der Waals surface area contributed by atoms with Crippen LogP contribution in [0.3, 0.4) is 0 Å². The number of aromatic nitrogens is 1. The molecule has 3 rings (SSSR count). The van der Waals surface area contributed by atoms with E-state index in [-0.39, 0.29) is 5.91 Å². The van der Waals surface area contributed by atoms with E-state index in [0.717, 1.165) is 21.5 Å². The van der Waals surface area contributed by atoms with E-state index in [4.69, 9.17) is 9.47 Å². The first kappa shape index (κ1) is 17.2. The van der Waals surface area contributed by atoms with Gasteiger partial charge in [0.15, 0.2) is 4.80 Å². The predicted molar refractivity (Wildman–Crippen MR) is 99.7 cm³/mol. The van der Waals surface area contributed by atoms with Crippen molar-refractivity contribution in [2.75, 3.05) is 14.2 Å². The van der Waals surface area contributed by atoms with Crippen molar-refractivity contribution in [3.05, 3.63) is 52.3 Å². The van der Waals surface area contributed by atoms with E-state index in [1.54, 1.807) is 38.5 Å². The minimum Gasteiger partial charge on any atom is -0.497 e. The van der Waals surface area contributed by atoms with Gasteiger partial charge in [-0.25, -0.2) is 0 Å².